The van der Waals surface area contributed by atoms with Crippen molar-refractivity contribution < 1.29 is 15.3 Å². The van der Waals surface area contributed by atoms with E-state index in [0.29, 0.717) is 6.54 Å². The van der Waals surface area contributed by atoms with Gasteiger partial charge in [0.2, 0.25) is 0 Å². The van der Waals surface area contributed by atoms with Crippen LogP contribution in [0.2, 0.25) is 0 Å². The van der Waals surface area contributed by atoms with Crippen molar-refractivity contribution in [2.24, 2.45) is 0 Å². The highest BCUT2D eigenvalue weighted by Crippen LogP contribution is 2.10. The summed E-state index contributed by atoms with van der Waals surface area (Å²) in [4.78, 5) is 0. The van der Waals surface area contributed by atoms with Gasteiger partial charge in [0.25, 0.3) is 0 Å². The van der Waals surface area contributed by atoms with Gasteiger partial charge in [-0.2, -0.15) is 0 Å². The Balaban J connectivity index is 1.86. The second-order valence-corrected chi connectivity index (χ2v) is 4.66. The lowest BCUT2D eigenvalue weighted by molar-refractivity contribution is -0.0936. The van der Waals surface area contributed by atoms with Crippen molar-refractivity contribution in [1.82, 2.24) is 10.4 Å². The number of hydrogen-bond donors (Lipinski definition) is 4. The molecule has 5 nitrogen and oxygen atoms in total. The van der Waals surface area contributed by atoms with Gasteiger partial charge in [-0.05, 0) is 12.0 Å². The molecule has 3 atom stereocenters. The van der Waals surface area contributed by atoms with Gasteiger partial charge in [0.15, 0.2) is 0 Å². The van der Waals surface area contributed by atoms with E-state index in [1.54, 1.807) is 0 Å². The normalized spacial score (nSPS) is 29.4. The van der Waals surface area contributed by atoms with Gasteiger partial charge in [0.1, 0.15) is 6.10 Å². The van der Waals surface area contributed by atoms with Crippen LogP contribution in [-0.2, 0) is 6.42 Å². The second-order valence-electron chi connectivity index (χ2n) is 4.66. The summed E-state index contributed by atoms with van der Waals surface area (Å²) in [5, 5.41) is 30.3. The average Bonchev–Trinajstić information content (AvgIpc) is 2.41. The van der Waals surface area contributed by atoms with Crippen LogP contribution in [0.1, 0.15) is 5.56 Å². The fourth-order valence-electron chi connectivity index (χ4n) is 2.18. The maximum atomic E-state index is 9.70. The molecule has 1 aliphatic heterocycles. The molecule has 0 bridgehead atoms. The standard InChI is InChI=1S/C13H20N2O3/c16-9-11-13(18)12(17)8-15(14-11)7-6-10-4-2-1-3-5-10/h1-5,11-14,16-18H,6-9H2/t11-,12-,13+/m1/s1. The molecular weight excluding hydrogens is 232 g/mol. The van der Waals surface area contributed by atoms with E-state index in [1.165, 1.54) is 5.56 Å². The summed E-state index contributed by atoms with van der Waals surface area (Å²) in [6.45, 7) is 0.898. The van der Waals surface area contributed by atoms with Gasteiger partial charge in [-0.15, -0.1) is 0 Å². The van der Waals surface area contributed by atoms with Crippen molar-refractivity contribution in [1.29, 1.82) is 0 Å². The topological polar surface area (TPSA) is 76.0 Å². The van der Waals surface area contributed by atoms with E-state index in [4.69, 9.17) is 5.11 Å². The SMILES string of the molecule is OC[C@H]1NN(CCc2ccccc2)C[C@@H](O)[C@H]1O. The number of β-amino-alcohol motifs (C(OH)–C–C–N with tert-alkyl or cyclic N) is 1. The van der Waals surface area contributed by atoms with E-state index in [0.717, 1.165) is 13.0 Å². The van der Waals surface area contributed by atoms with Gasteiger partial charge in [-0.25, -0.2) is 10.4 Å². The van der Waals surface area contributed by atoms with Crippen molar-refractivity contribution in [2.45, 2.75) is 24.7 Å². The van der Waals surface area contributed by atoms with Crippen LogP contribution in [0.3, 0.4) is 0 Å². The highest BCUT2D eigenvalue weighted by molar-refractivity contribution is 5.14. The Labute approximate surface area is 107 Å². The Morgan fingerprint density at radius 2 is 1.94 bits per heavy atom. The molecule has 1 aromatic carbocycles. The largest absolute Gasteiger partial charge is 0.395 e. The molecule has 0 spiro atoms. The van der Waals surface area contributed by atoms with E-state index < -0.39 is 18.2 Å². The molecule has 5 heteroatoms. The van der Waals surface area contributed by atoms with Gasteiger partial charge in [0, 0.05) is 13.1 Å². The van der Waals surface area contributed by atoms with Crippen molar-refractivity contribution in [3.8, 4) is 0 Å². The van der Waals surface area contributed by atoms with Crippen LogP contribution in [0.25, 0.3) is 0 Å². The van der Waals surface area contributed by atoms with Crippen molar-refractivity contribution in [3.63, 3.8) is 0 Å². The zero-order valence-electron chi connectivity index (χ0n) is 10.2. The Morgan fingerprint density at radius 3 is 2.61 bits per heavy atom. The van der Waals surface area contributed by atoms with E-state index >= 15 is 0 Å². The molecule has 0 radical (unpaired) electrons. The summed E-state index contributed by atoms with van der Waals surface area (Å²) in [6.07, 6.45) is -0.878. The average molecular weight is 252 g/mol. The quantitative estimate of drug-likeness (QED) is 0.560. The maximum Gasteiger partial charge on any atom is 0.100 e. The first kappa shape index (κ1) is 13.5. The third kappa shape index (κ3) is 3.28. The highest BCUT2D eigenvalue weighted by Gasteiger charge is 2.33. The van der Waals surface area contributed by atoms with E-state index in [2.05, 4.69) is 17.6 Å². The Hall–Kier alpha value is -0.980. The first-order valence-electron chi connectivity index (χ1n) is 6.22. The summed E-state index contributed by atoms with van der Waals surface area (Å²) in [5.41, 5.74) is 4.25. The van der Waals surface area contributed by atoms with Crippen LogP contribution in [0, 0.1) is 0 Å². The van der Waals surface area contributed by atoms with Crippen molar-refractivity contribution >= 4 is 0 Å². The molecule has 1 fully saturated rings. The molecule has 4 N–H and O–H groups in total. The molecule has 0 saturated carbocycles. The highest BCUT2D eigenvalue weighted by atomic mass is 16.3. The molecule has 0 aliphatic carbocycles. The van der Waals surface area contributed by atoms with E-state index in [9.17, 15) is 10.2 Å². The minimum Gasteiger partial charge on any atom is -0.395 e. The number of nitrogens with zero attached hydrogens (tertiary/aromatic N) is 1. The van der Waals surface area contributed by atoms with E-state index in [-0.39, 0.29) is 6.61 Å². The minimum absolute atomic E-state index is 0.194. The lowest BCUT2D eigenvalue weighted by Crippen LogP contribution is -2.64. The molecule has 1 aliphatic rings. The minimum atomic E-state index is -0.914. The summed E-state index contributed by atoms with van der Waals surface area (Å²) < 4.78 is 0. The summed E-state index contributed by atoms with van der Waals surface area (Å²) in [5.74, 6) is 0. The molecule has 18 heavy (non-hydrogen) atoms. The van der Waals surface area contributed by atoms with Gasteiger partial charge in [0.05, 0.1) is 18.8 Å². The van der Waals surface area contributed by atoms with Gasteiger partial charge in [-0.3, -0.25) is 0 Å². The summed E-state index contributed by atoms with van der Waals surface area (Å²) >= 11 is 0. The zero-order chi connectivity index (χ0) is 13.0. The Bertz CT molecular complexity index is 361. The number of nitrogens with one attached hydrogen (secondary N) is 1. The van der Waals surface area contributed by atoms with Crippen LogP contribution >= 0.6 is 0 Å². The summed E-state index contributed by atoms with van der Waals surface area (Å²) in [6, 6.07) is 9.58. The molecule has 1 saturated heterocycles. The van der Waals surface area contributed by atoms with Crippen LogP contribution in [0.15, 0.2) is 30.3 Å². The molecule has 100 valence electrons. The molecule has 0 unspecified atom stereocenters. The number of aliphatic hydroxyl groups excluding tert-OH is 3. The van der Waals surface area contributed by atoms with Gasteiger partial charge < -0.3 is 15.3 Å². The monoisotopic (exact) mass is 252 g/mol. The fraction of sp³-hybridized carbons (Fsp3) is 0.538. The van der Waals surface area contributed by atoms with Crippen molar-refractivity contribution in [2.75, 3.05) is 19.7 Å². The molecular formula is C13H20N2O3. The number of hydrazine groups is 1. The first-order chi connectivity index (χ1) is 8.70. The zero-order valence-corrected chi connectivity index (χ0v) is 10.2. The maximum absolute atomic E-state index is 9.70. The van der Waals surface area contributed by atoms with Crippen LogP contribution in [0.5, 0.6) is 0 Å². The first-order valence-corrected chi connectivity index (χ1v) is 6.22. The van der Waals surface area contributed by atoms with Crippen LogP contribution in [-0.4, -0.2) is 58.3 Å². The number of hydrogen-bond acceptors (Lipinski definition) is 5. The predicted octanol–water partition coefficient (Wildman–Crippen LogP) is -0.868. The van der Waals surface area contributed by atoms with Gasteiger partial charge in [-0.1, -0.05) is 30.3 Å². The third-order valence-corrected chi connectivity index (χ3v) is 3.27. The van der Waals surface area contributed by atoms with Crippen molar-refractivity contribution in [3.05, 3.63) is 35.9 Å². The molecule has 0 amide bonds. The predicted molar refractivity (Wildman–Crippen MR) is 67.7 cm³/mol. The second kappa shape index (κ2) is 6.26. The van der Waals surface area contributed by atoms with Crippen LogP contribution < -0.4 is 5.43 Å². The number of aliphatic hydroxyl groups is 3. The van der Waals surface area contributed by atoms with Gasteiger partial charge >= 0.3 is 0 Å². The molecule has 1 aromatic rings. The smallest absolute Gasteiger partial charge is 0.100 e. The lowest BCUT2D eigenvalue weighted by Gasteiger charge is -2.39. The summed E-state index contributed by atoms with van der Waals surface area (Å²) in [7, 11) is 0. The third-order valence-electron chi connectivity index (χ3n) is 3.27. The number of benzene rings is 1. The molecule has 0 aromatic heterocycles. The Morgan fingerprint density at radius 1 is 1.22 bits per heavy atom. The number of rotatable bonds is 4. The molecule has 1 heterocycles. The lowest BCUT2D eigenvalue weighted by atomic mass is 10.0. The van der Waals surface area contributed by atoms with Crippen LogP contribution in [0.4, 0.5) is 0 Å². The fourth-order valence-corrected chi connectivity index (χ4v) is 2.18. The Kier molecular flexibility index (Phi) is 4.68. The molecule has 2 rings (SSSR count). The van der Waals surface area contributed by atoms with E-state index in [1.807, 2.05) is 23.2 Å².